The van der Waals surface area contributed by atoms with Gasteiger partial charge in [-0.15, -0.1) is 6.58 Å². The zero-order chi connectivity index (χ0) is 12.5. The summed E-state index contributed by atoms with van der Waals surface area (Å²) in [5.74, 6) is 0. The predicted molar refractivity (Wildman–Crippen MR) is 76.5 cm³/mol. The topological polar surface area (TPSA) is 12.0 Å². The van der Waals surface area contributed by atoms with Gasteiger partial charge in [-0.05, 0) is 44.4 Å². The lowest BCUT2D eigenvalue weighted by Crippen LogP contribution is -2.20. The molecule has 0 aliphatic carbocycles. The summed E-state index contributed by atoms with van der Waals surface area (Å²) in [7, 11) is 0. The van der Waals surface area contributed by atoms with Crippen LogP contribution in [0.15, 0.2) is 36.9 Å². The molecule has 0 saturated heterocycles. The smallest absolute Gasteiger partial charge is 0.0453 e. The van der Waals surface area contributed by atoms with Crippen LogP contribution in [0.4, 0.5) is 0 Å². The van der Waals surface area contributed by atoms with Crippen molar-refractivity contribution in [2.75, 3.05) is 6.54 Å². The van der Waals surface area contributed by atoms with E-state index in [0.29, 0.717) is 6.04 Å². The molecule has 0 radical (unpaired) electrons. The standard InChI is InChI=1S/C15H22ClN/c1-3-4-5-6-9-12-17-13(2)14-10-7-8-11-15(14)16/h3,7-8,10-11,13,17H,1,4-6,9,12H2,2H3/t13-/m1/s1. The summed E-state index contributed by atoms with van der Waals surface area (Å²) in [4.78, 5) is 0. The lowest BCUT2D eigenvalue weighted by atomic mass is 10.1. The zero-order valence-electron chi connectivity index (χ0n) is 10.6. The summed E-state index contributed by atoms with van der Waals surface area (Å²) >= 11 is 6.15. The Morgan fingerprint density at radius 3 is 2.76 bits per heavy atom. The second-order valence-corrected chi connectivity index (χ2v) is 4.74. The van der Waals surface area contributed by atoms with Crippen molar-refractivity contribution in [3.8, 4) is 0 Å². The van der Waals surface area contributed by atoms with Crippen LogP contribution in [0, 0.1) is 0 Å². The molecule has 0 spiro atoms. The van der Waals surface area contributed by atoms with Crippen molar-refractivity contribution in [2.45, 2.75) is 38.6 Å². The van der Waals surface area contributed by atoms with Crippen LogP contribution in [0.2, 0.25) is 5.02 Å². The van der Waals surface area contributed by atoms with Gasteiger partial charge in [0.05, 0.1) is 0 Å². The molecule has 2 heteroatoms. The fraction of sp³-hybridized carbons (Fsp3) is 0.467. The molecular formula is C15H22ClN. The molecule has 1 N–H and O–H groups in total. The van der Waals surface area contributed by atoms with Gasteiger partial charge in [0.1, 0.15) is 0 Å². The van der Waals surface area contributed by atoms with Crippen LogP contribution in [0.1, 0.15) is 44.2 Å². The Balaban J connectivity index is 2.23. The normalized spacial score (nSPS) is 12.4. The molecule has 0 aliphatic rings. The lowest BCUT2D eigenvalue weighted by molar-refractivity contribution is 0.540. The van der Waals surface area contributed by atoms with E-state index in [9.17, 15) is 0 Å². The van der Waals surface area contributed by atoms with E-state index in [1.807, 2.05) is 24.3 Å². The molecule has 0 aromatic heterocycles. The quantitative estimate of drug-likeness (QED) is 0.520. The Bertz CT molecular complexity index is 335. The largest absolute Gasteiger partial charge is 0.310 e. The van der Waals surface area contributed by atoms with Gasteiger partial charge in [-0.3, -0.25) is 0 Å². The first-order chi connectivity index (χ1) is 8.25. The molecule has 0 heterocycles. The summed E-state index contributed by atoms with van der Waals surface area (Å²) < 4.78 is 0. The number of rotatable bonds is 8. The Morgan fingerprint density at radius 2 is 2.06 bits per heavy atom. The van der Waals surface area contributed by atoms with E-state index in [1.165, 1.54) is 24.8 Å². The molecule has 0 bridgehead atoms. The summed E-state index contributed by atoms with van der Waals surface area (Å²) in [6.45, 7) is 6.93. The van der Waals surface area contributed by atoms with Crippen molar-refractivity contribution in [1.29, 1.82) is 0 Å². The van der Waals surface area contributed by atoms with Gasteiger partial charge in [-0.25, -0.2) is 0 Å². The van der Waals surface area contributed by atoms with E-state index in [2.05, 4.69) is 24.9 Å². The number of allylic oxidation sites excluding steroid dienone is 1. The van der Waals surface area contributed by atoms with Crippen molar-refractivity contribution in [1.82, 2.24) is 5.32 Å². The minimum absolute atomic E-state index is 0.322. The van der Waals surface area contributed by atoms with Gasteiger partial charge in [0.15, 0.2) is 0 Å². The van der Waals surface area contributed by atoms with E-state index < -0.39 is 0 Å². The fourth-order valence-corrected chi connectivity index (χ4v) is 2.14. The predicted octanol–water partition coefficient (Wildman–Crippen LogP) is 4.74. The lowest BCUT2D eigenvalue weighted by Gasteiger charge is -2.15. The second kappa shape index (κ2) is 8.32. The summed E-state index contributed by atoms with van der Waals surface area (Å²) in [6, 6.07) is 8.34. The zero-order valence-corrected chi connectivity index (χ0v) is 11.3. The van der Waals surface area contributed by atoms with Crippen LogP contribution >= 0.6 is 11.6 Å². The molecule has 1 aromatic carbocycles. The summed E-state index contributed by atoms with van der Waals surface area (Å²) in [5, 5.41) is 4.35. The minimum Gasteiger partial charge on any atom is -0.310 e. The summed E-state index contributed by atoms with van der Waals surface area (Å²) in [5.41, 5.74) is 1.18. The number of unbranched alkanes of at least 4 members (excludes halogenated alkanes) is 3. The highest BCUT2D eigenvalue weighted by atomic mass is 35.5. The average molecular weight is 252 g/mol. The van der Waals surface area contributed by atoms with Crippen LogP contribution in [0.5, 0.6) is 0 Å². The molecule has 94 valence electrons. The van der Waals surface area contributed by atoms with Crippen molar-refractivity contribution in [3.63, 3.8) is 0 Å². The number of halogens is 1. The van der Waals surface area contributed by atoms with Crippen LogP contribution in [0.3, 0.4) is 0 Å². The molecular weight excluding hydrogens is 230 g/mol. The van der Waals surface area contributed by atoms with Crippen LogP contribution in [0.25, 0.3) is 0 Å². The molecule has 1 aromatic rings. The Hall–Kier alpha value is -0.790. The van der Waals surface area contributed by atoms with E-state index in [4.69, 9.17) is 11.6 Å². The Kier molecular flexibility index (Phi) is 6.99. The van der Waals surface area contributed by atoms with E-state index in [1.54, 1.807) is 0 Å². The number of benzene rings is 1. The molecule has 0 unspecified atom stereocenters. The van der Waals surface area contributed by atoms with Crippen molar-refractivity contribution in [3.05, 3.63) is 47.5 Å². The maximum atomic E-state index is 6.15. The average Bonchev–Trinajstić information content (AvgIpc) is 2.34. The van der Waals surface area contributed by atoms with Crippen LogP contribution in [-0.4, -0.2) is 6.54 Å². The van der Waals surface area contributed by atoms with Crippen molar-refractivity contribution >= 4 is 11.6 Å². The first kappa shape index (κ1) is 14.3. The van der Waals surface area contributed by atoms with Crippen molar-refractivity contribution < 1.29 is 0 Å². The highest BCUT2D eigenvalue weighted by Gasteiger charge is 2.07. The van der Waals surface area contributed by atoms with Gasteiger partial charge in [-0.2, -0.15) is 0 Å². The van der Waals surface area contributed by atoms with Gasteiger partial charge in [0.2, 0.25) is 0 Å². The highest BCUT2D eigenvalue weighted by molar-refractivity contribution is 6.31. The van der Waals surface area contributed by atoms with E-state index in [-0.39, 0.29) is 0 Å². The molecule has 1 atom stereocenters. The van der Waals surface area contributed by atoms with E-state index in [0.717, 1.165) is 18.0 Å². The number of hydrogen-bond acceptors (Lipinski definition) is 1. The first-order valence-electron chi connectivity index (χ1n) is 6.34. The van der Waals surface area contributed by atoms with Gasteiger partial charge < -0.3 is 5.32 Å². The van der Waals surface area contributed by atoms with Crippen molar-refractivity contribution in [2.24, 2.45) is 0 Å². The third-order valence-electron chi connectivity index (χ3n) is 2.91. The molecule has 0 amide bonds. The fourth-order valence-electron chi connectivity index (χ4n) is 1.85. The Labute approximate surface area is 110 Å². The SMILES string of the molecule is C=CCCCCCN[C@H](C)c1ccccc1Cl. The highest BCUT2D eigenvalue weighted by Crippen LogP contribution is 2.21. The molecule has 17 heavy (non-hydrogen) atoms. The molecule has 0 saturated carbocycles. The first-order valence-corrected chi connectivity index (χ1v) is 6.72. The maximum absolute atomic E-state index is 6.15. The van der Waals surface area contributed by atoms with Gasteiger partial charge in [-0.1, -0.05) is 42.3 Å². The third-order valence-corrected chi connectivity index (χ3v) is 3.25. The Morgan fingerprint density at radius 1 is 1.29 bits per heavy atom. The minimum atomic E-state index is 0.322. The van der Waals surface area contributed by atoms with Crippen LogP contribution < -0.4 is 5.32 Å². The van der Waals surface area contributed by atoms with Gasteiger partial charge in [0, 0.05) is 11.1 Å². The van der Waals surface area contributed by atoms with Gasteiger partial charge in [0.25, 0.3) is 0 Å². The number of nitrogens with one attached hydrogen (secondary N) is 1. The van der Waals surface area contributed by atoms with Crippen LogP contribution in [-0.2, 0) is 0 Å². The molecule has 0 fully saturated rings. The van der Waals surface area contributed by atoms with Gasteiger partial charge >= 0.3 is 0 Å². The summed E-state index contributed by atoms with van der Waals surface area (Å²) in [6.07, 6.45) is 6.82. The molecule has 1 nitrogen and oxygen atoms in total. The monoisotopic (exact) mass is 251 g/mol. The maximum Gasteiger partial charge on any atom is 0.0453 e. The molecule has 1 rings (SSSR count). The third kappa shape index (κ3) is 5.38. The second-order valence-electron chi connectivity index (χ2n) is 4.34. The van der Waals surface area contributed by atoms with E-state index >= 15 is 0 Å². The molecule has 0 aliphatic heterocycles. The number of hydrogen-bond donors (Lipinski definition) is 1.